The van der Waals surface area contributed by atoms with Crippen molar-refractivity contribution >= 4 is 0 Å². The molecule has 0 amide bonds. The molecular formula is C11H17NO. The normalized spacial score (nSPS) is 10.5. The lowest BCUT2D eigenvalue weighted by Crippen LogP contribution is -2.11. The second-order valence-electron chi connectivity index (χ2n) is 3.28. The lowest BCUT2D eigenvalue weighted by Gasteiger charge is -2.13. The van der Waals surface area contributed by atoms with Crippen molar-refractivity contribution < 1.29 is 4.74 Å². The largest absolute Gasteiger partial charge is 0.494 e. The van der Waals surface area contributed by atoms with Gasteiger partial charge in [-0.2, -0.15) is 0 Å². The summed E-state index contributed by atoms with van der Waals surface area (Å²) in [4.78, 5) is 2.14. The first-order chi connectivity index (χ1) is 6.24. The molecule has 0 saturated carbocycles. The van der Waals surface area contributed by atoms with Gasteiger partial charge in [-0.1, -0.05) is 18.2 Å². The first-order valence-corrected chi connectivity index (χ1v) is 4.59. The van der Waals surface area contributed by atoms with Gasteiger partial charge in [-0.25, -0.2) is 0 Å². The quantitative estimate of drug-likeness (QED) is 0.702. The smallest absolute Gasteiger partial charge is 0.123 e. The lowest BCUT2D eigenvalue weighted by atomic mass is 10.2. The predicted molar refractivity (Wildman–Crippen MR) is 55.0 cm³/mol. The van der Waals surface area contributed by atoms with Crippen LogP contribution in [0.3, 0.4) is 0 Å². The third kappa shape index (κ3) is 3.07. The minimum absolute atomic E-state index is 0.727. The van der Waals surface area contributed by atoms with Gasteiger partial charge in [0, 0.05) is 12.1 Å². The molecule has 72 valence electrons. The summed E-state index contributed by atoms with van der Waals surface area (Å²) in [7, 11) is 4.12. The highest BCUT2D eigenvalue weighted by Crippen LogP contribution is 2.18. The Morgan fingerprint density at radius 2 is 1.92 bits per heavy atom. The van der Waals surface area contributed by atoms with Gasteiger partial charge < -0.3 is 9.64 Å². The molecule has 0 fully saturated rings. The highest BCUT2D eigenvalue weighted by Gasteiger charge is 2.02. The molecule has 13 heavy (non-hydrogen) atoms. The van der Waals surface area contributed by atoms with E-state index in [1.807, 2.05) is 25.1 Å². The Hall–Kier alpha value is -1.02. The van der Waals surface area contributed by atoms with E-state index >= 15 is 0 Å². The van der Waals surface area contributed by atoms with E-state index in [0.717, 1.165) is 18.9 Å². The summed E-state index contributed by atoms with van der Waals surface area (Å²) >= 11 is 0. The fraction of sp³-hybridized carbons (Fsp3) is 0.455. The molecule has 0 aliphatic heterocycles. The average molecular weight is 179 g/mol. The minimum Gasteiger partial charge on any atom is -0.494 e. The van der Waals surface area contributed by atoms with Crippen LogP contribution in [0.25, 0.3) is 0 Å². The van der Waals surface area contributed by atoms with Crippen molar-refractivity contribution in [2.75, 3.05) is 20.7 Å². The van der Waals surface area contributed by atoms with Gasteiger partial charge >= 0.3 is 0 Å². The fourth-order valence-corrected chi connectivity index (χ4v) is 1.27. The molecule has 0 atom stereocenters. The Bertz CT molecular complexity index is 258. The van der Waals surface area contributed by atoms with Crippen molar-refractivity contribution in [1.29, 1.82) is 0 Å². The molecule has 0 bridgehead atoms. The van der Waals surface area contributed by atoms with Crippen LogP contribution < -0.4 is 4.74 Å². The molecule has 1 aromatic carbocycles. The molecule has 0 heterocycles. The van der Waals surface area contributed by atoms with Crippen LogP contribution in [0.1, 0.15) is 12.5 Å². The molecule has 0 N–H and O–H groups in total. The van der Waals surface area contributed by atoms with Gasteiger partial charge in [0.15, 0.2) is 0 Å². The SMILES string of the molecule is CCOc1ccccc1CN(C)C. The summed E-state index contributed by atoms with van der Waals surface area (Å²) in [5, 5.41) is 0. The van der Waals surface area contributed by atoms with Crippen molar-refractivity contribution in [3.05, 3.63) is 29.8 Å². The third-order valence-electron chi connectivity index (χ3n) is 1.76. The van der Waals surface area contributed by atoms with Crippen molar-refractivity contribution in [2.45, 2.75) is 13.5 Å². The molecular weight excluding hydrogens is 162 g/mol. The van der Waals surface area contributed by atoms with Crippen LogP contribution in [0, 0.1) is 0 Å². The first-order valence-electron chi connectivity index (χ1n) is 4.59. The molecule has 0 radical (unpaired) electrons. The Morgan fingerprint density at radius 3 is 2.54 bits per heavy atom. The molecule has 1 rings (SSSR count). The second-order valence-corrected chi connectivity index (χ2v) is 3.28. The molecule has 0 spiro atoms. The summed E-state index contributed by atoms with van der Waals surface area (Å²) in [6.45, 7) is 3.66. The molecule has 0 saturated heterocycles. The van der Waals surface area contributed by atoms with Gasteiger partial charge in [0.25, 0.3) is 0 Å². The standard InChI is InChI=1S/C11H17NO/c1-4-13-11-8-6-5-7-10(11)9-12(2)3/h5-8H,4,9H2,1-3H3. The Labute approximate surface area is 80.1 Å². The zero-order valence-corrected chi connectivity index (χ0v) is 8.58. The van der Waals surface area contributed by atoms with E-state index in [2.05, 4.69) is 25.1 Å². The van der Waals surface area contributed by atoms with Gasteiger partial charge in [-0.15, -0.1) is 0 Å². The van der Waals surface area contributed by atoms with E-state index in [-0.39, 0.29) is 0 Å². The van der Waals surface area contributed by atoms with E-state index in [0.29, 0.717) is 0 Å². The maximum atomic E-state index is 5.51. The number of hydrogen-bond donors (Lipinski definition) is 0. The molecule has 2 heteroatoms. The number of ether oxygens (including phenoxy) is 1. The summed E-state index contributed by atoms with van der Waals surface area (Å²) < 4.78 is 5.51. The van der Waals surface area contributed by atoms with Crippen LogP contribution in [0.15, 0.2) is 24.3 Å². The number of benzene rings is 1. The molecule has 0 aliphatic carbocycles. The van der Waals surface area contributed by atoms with E-state index in [9.17, 15) is 0 Å². The molecule has 2 nitrogen and oxygen atoms in total. The van der Waals surface area contributed by atoms with Crippen molar-refractivity contribution in [1.82, 2.24) is 4.90 Å². The summed E-state index contributed by atoms with van der Waals surface area (Å²) in [5.41, 5.74) is 1.24. The summed E-state index contributed by atoms with van der Waals surface area (Å²) in [6.07, 6.45) is 0. The zero-order valence-electron chi connectivity index (χ0n) is 8.58. The Morgan fingerprint density at radius 1 is 1.23 bits per heavy atom. The third-order valence-corrected chi connectivity index (χ3v) is 1.76. The van der Waals surface area contributed by atoms with Gasteiger partial charge in [0.1, 0.15) is 5.75 Å². The van der Waals surface area contributed by atoms with Crippen LogP contribution >= 0.6 is 0 Å². The average Bonchev–Trinajstić information content (AvgIpc) is 2.08. The summed E-state index contributed by atoms with van der Waals surface area (Å²) in [6, 6.07) is 8.17. The monoisotopic (exact) mass is 179 g/mol. The van der Waals surface area contributed by atoms with E-state index in [1.165, 1.54) is 5.56 Å². The maximum absolute atomic E-state index is 5.51. The molecule has 0 unspecified atom stereocenters. The van der Waals surface area contributed by atoms with Crippen LogP contribution in [0.2, 0.25) is 0 Å². The predicted octanol–water partition coefficient (Wildman–Crippen LogP) is 2.15. The number of rotatable bonds is 4. The van der Waals surface area contributed by atoms with Gasteiger partial charge in [-0.05, 0) is 27.1 Å². The minimum atomic E-state index is 0.727. The number of hydrogen-bond acceptors (Lipinski definition) is 2. The van der Waals surface area contributed by atoms with Crippen molar-refractivity contribution in [2.24, 2.45) is 0 Å². The van der Waals surface area contributed by atoms with Gasteiger partial charge in [0.2, 0.25) is 0 Å². The summed E-state index contributed by atoms with van der Waals surface area (Å²) in [5.74, 6) is 0.999. The molecule has 0 aliphatic rings. The topological polar surface area (TPSA) is 12.5 Å². The van der Waals surface area contributed by atoms with Gasteiger partial charge in [-0.3, -0.25) is 0 Å². The Balaban J connectivity index is 2.78. The Kier molecular flexibility index (Phi) is 3.77. The maximum Gasteiger partial charge on any atom is 0.123 e. The second kappa shape index (κ2) is 4.87. The first kappa shape index (κ1) is 10.1. The fourth-order valence-electron chi connectivity index (χ4n) is 1.27. The van der Waals surface area contributed by atoms with Crippen molar-refractivity contribution in [3.8, 4) is 5.75 Å². The van der Waals surface area contributed by atoms with Crippen molar-refractivity contribution in [3.63, 3.8) is 0 Å². The van der Waals surface area contributed by atoms with Crippen LogP contribution in [0.5, 0.6) is 5.75 Å². The van der Waals surface area contributed by atoms with Gasteiger partial charge in [0.05, 0.1) is 6.61 Å². The highest BCUT2D eigenvalue weighted by atomic mass is 16.5. The number of nitrogens with zero attached hydrogens (tertiary/aromatic N) is 1. The van der Waals surface area contributed by atoms with E-state index < -0.39 is 0 Å². The molecule has 1 aromatic rings. The molecule has 0 aromatic heterocycles. The lowest BCUT2D eigenvalue weighted by molar-refractivity contribution is 0.325. The van der Waals surface area contributed by atoms with E-state index in [1.54, 1.807) is 0 Å². The van der Waals surface area contributed by atoms with Crippen LogP contribution in [-0.2, 0) is 6.54 Å². The number of para-hydroxylation sites is 1. The van der Waals surface area contributed by atoms with Crippen LogP contribution in [-0.4, -0.2) is 25.6 Å². The highest BCUT2D eigenvalue weighted by molar-refractivity contribution is 5.33. The van der Waals surface area contributed by atoms with Crippen LogP contribution in [0.4, 0.5) is 0 Å². The zero-order chi connectivity index (χ0) is 9.68. The van der Waals surface area contributed by atoms with E-state index in [4.69, 9.17) is 4.74 Å².